The van der Waals surface area contributed by atoms with Crippen LogP contribution >= 0.6 is 0 Å². The van der Waals surface area contributed by atoms with Gasteiger partial charge < -0.3 is 19.5 Å². The van der Waals surface area contributed by atoms with Gasteiger partial charge in [-0.25, -0.2) is 9.78 Å². The van der Waals surface area contributed by atoms with E-state index in [-0.39, 0.29) is 6.04 Å². The molecule has 1 atom stereocenters. The third-order valence-corrected chi connectivity index (χ3v) is 4.37. The van der Waals surface area contributed by atoms with Crippen LogP contribution in [0.2, 0.25) is 0 Å². The van der Waals surface area contributed by atoms with Crippen LogP contribution in [0.5, 0.6) is 11.5 Å². The molecule has 1 heterocycles. The van der Waals surface area contributed by atoms with E-state index >= 15 is 0 Å². The van der Waals surface area contributed by atoms with Gasteiger partial charge in [0.1, 0.15) is 29.4 Å². The Balaban J connectivity index is 1.44. The molecule has 0 unspecified atom stereocenters. The van der Waals surface area contributed by atoms with Crippen molar-refractivity contribution in [1.82, 2.24) is 10.3 Å². The molecule has 0 spiro atoms. The highest BCUT2D eigenvalue weighted by molar-refractivity contribution is 5.68. The molecular formula is C25H30N2O4. The lowest BCUT2D eigenvalue weighted by atomic mass is 10.2. The van der Waals surface area contributed by atoms with Crippen LogP contribution in [0.15, 0.2) is 42.6 Å². The minimum Gasteiger partial charge on any atom is -0.492 e. The van der Waals surface area contributed by atoms with E-state index in [4.69, 9.17) is 14.2 Å². The molecule has 1 aliphatic rings. The Labute approximate surface area is 184 Å². The molecule has 1 amide bonds. The van der Waals surface area contributed by atoms with Gasteiger partial charge in [-0.05, 0) is 88.8 Å². The summed E-state index contributed by atoms with van der Waals surface area (Å²) in [5, 5.41) is 2.75. The average molecular weight is 423 g/mol. The van der Waals surface area contributed by atoms with Crippen LogP contribution in [0.4, 0.5) is 4.79 Å². The number of ether oxygens (including phenoxy) is 3. The van der Waals surface area contributed by atoms with Gasteiger partial charge in [-0.15, -0.1) is 0 Å². The van der Waals surface area contributed by atoms with Crippen LogP contribution < -0.4 is 14.8 Å². The van der Waals surface area contributed by atoms with Gasteiger partial charge in [0.05, 0.1) is 18.8 Å². The van der Waals surface area contributed by atoms with E-state index in [0.29, 0.717) is 18.1 Å². The minimum atomic E-state index is -0.525. The number of hydrogen-bond donors (Lipinski definition) is 1. The minimum absolute atomic E-state index is 0.184. The number of carbonyl (C=O) groups is 1. The summed E-state index contributed by atoms with van der Waals surface area (Å²) in [6.07, 6.45) is 3.80. The molecule has 31 heavy (non-hydrogen) atoms. The van der Waals surface area contributed by atoms with E-state index in [0.717, 1.165) is 23.8 Å². The van der Waals surface area contributed by atoms with Crippen LogP contribution in [-0.2, 0) is 4.74 Å². The van der Waals surface area contributed by atoms with Gasteiger partial charge in [0.15, 0.2) is 0 Å². The Kier molecular flexibility index (Phi) is 7.41. The summed E-state index contributed by atoms with van der Waals surface area (Å²) in [5.41, 5.74) is 1.03. The van der Waals surface area contributed by atoms with Gasteiger partial charge in [-0.2, -0.15) is 0 Å². The number of hydrogen-bond acceptors (Lipinski definition) is 5. The summed E-state index contributed by atoms with van der Waals surface area (Å²) >= 11 is 0. The number of alkyl carbamates (subject to hydrolysis) is 1. The summed E-state index contributed by atoms with van der Waals surface area (Å²) in [7, 11) is 0. The summed E-state index contributed by atoms with van der Waals surface area (Å²) in [6.45, 7) is 8.45. The van der Waals surface area contributed by atoms with Crippen LogP contribution in [0.25, 0.3) is 0 Å². The number of benzene rings is 1. The van der Waals surface area contributed by atoms with Crippen LogP contribution in [0.3, 0.4) is 0 Å². The van der Waals surface area contributed by atoms with E-state index in [1.807, 2.05) is 64.1 Å². The number of nitrogens with one attached hydrogen (secondary N) is 1. The van der Waals surface area contributed by atoms with Crippen molar-refractivity contribution in [3.8, 4) is 23.3 Å². The Morgan fingerprint density at radius 1 is 1.10 bits per heavy atom. The maximum Gasteiger partial charge on any atom is 0.407 e. The summed E-state index contributed by atoms with van der Waals surface area (Å²) < 4.78 is 16.7. The molecule has 6 nitrogen and oxygen atoms in total. The SMILES string of the molecule is C[C@@H](COc1ccc(C#Cc2ccc(OCC3CC3)cn2)cc1)NC(=O)OC(C)(C)C. The lowest BCUT2D eigenvalue weighted by molar-refractivity contribution is 0.0494. The van der Waals surface area contributed by atoms with E-state index in [1.54, 1.807) is 6.20 Å². The van der Waals surface area contributed by atoms with E-state index < -0.39 is 11.7 Å². The van der Waals surface area contributed by atoms with Crippen molar-refractivity contribution < 1.29 is 19.0 Å². The third-order valence-electron chi connectivity index (χ3n) is 4.37. The van der Waals surface area contributed by atoms with Crippen molar-refractivity contribution in [2.24, 2.45) is 5.92 Å². The van der Waals surface area contributed by atoms with Crippen molar-refractivity contribution in [3.05, 3.63) is 53.9 Å². The molecular weight excluding hydrogens is 392 g/mol. The highest BCUT2D eigenvalue weighted by Crippen LogP contribution is 2.29. The molecule has 1 aromatic carbocycles. The standard InChI is InChI=1S/C25H30N2O4/c1-18(27-24(28)31-25(2,3)4)16-29-22-12-8-19(9-13-22)7-10-21-11-14-23(15-26-21)30-17-20-5-6-20/h8-9,11-15,18,20H,5-6,16-17H2,1-4H3,(H,27,28)/t18-/m0/s1. The fourth-order valence-electron chi connectivity index (χ4n) is 2.58. The van der Waals surface area contributed by atoms with Gasteiger partial charge in [0.2, 0.25) is 0 Å². The second-order valence-electron chi connectivity index (χ2n) is 8.77. The van der Waals surface area contributed by atoms with Crippen molar-refractivity contribution >= 4 is 6.09 Å². The lowest BCUT2D eigenvalue weighted by Crippen LogP contribution is -2.40. The van der Waals surface area contributed by atoms with E-state index in [2.05, 4.69) is 22.1 Å². The zero-order chi connectivity index (χ0) is 22.3. The fraction of sp³-hybridized carbons (Fsp3) is 0.440. The largest absolute Gasteiger partial charge is 0.492 e. The van der Waals surface area contributed by atoms with Crippen molar-refractivity contribution in [3.63, 3.8) is 0 Å². The molecule has 0 aliphatic heterocycles. The highest BCUT2D eigenvalue weighted by Gasteiger charge is 2.21. The molecule has 1 saturated carbocycles. The Morgan fingerprint density at radius 3 is 2.42 bits per heavy atom. The summed E-state index contributed by atoms with van der Waals surface area (Å²) in [6, 6.07) is 11.1. The third kappa shape index (κ3) is 8.59. The van der Waals surface area contributed by atoms with Crippen LogP contribution in [-0.4, -0.2) is 35.9 Å². The maximum atomic E-state index is 11.8. The van der Waals surface area contributed by atoms with Gasteiger partial charge >= 0.3 is 6.09 Å². The van der Waals surface area contributed by atoms with E-state index in [1.165, 1.54) is 12.8 Å². The number of pyridine rings is 1. The van der Waals surface area contributed by atoms with Gasteiger partial charge in [-0.3, -0.25) is 0 Å². The lowest BCUT2D eigenvalue weighted by Gasteiger charge is -2.22. The van der Waals surface area contributed by atoms with Crippen LogP contribution in [0.1, 0.15) is 51.8 Å². The zero-order valence-electron chi connectivity index (χ0n) is 18.6. The predicted octanol–water partition coefficient (Wildman–Crippen LogP) is 4.56. The molecule has 6 heteroatoms. The molecule has 0 saturated heterocycles. The first-order valence-corrected chi connectivity index (χ1v) is 10.6. The number of carbonyl (C=O) groups excluding carboxylic acids is 1. The second-order valence-corrected chi connectivity index (χ2v) is 8.77. The second kappa shape index (κ2) is 10.2. The first-order chi connectivity index (χ1) is 14.8. The normalized spacial score (nSPS) is 14.1. The monoisotopic (exact) mass is 422 g/mol. The number of rotatable bonds is 7. The topological polar surface area (TPSA) is 69.7 Å². The molecule has 164 valence electrons. The Morgan fingerprint density at radius 2 is 1.81 bits per heavy atom. The highest BCUT2D eigenvalue weighted by atomic mass is 16.6. The molecule has 2 aromatic rings. The van der Waals surface area contributed by atoms with Crippen molar-refractivity contribution in [2.45, 2.75) is 52.2 Å². The average Bonchev–Trinajstić information content (AvgIpc) is 3.54. The number of aromatic nitrogens is 1. The molecule has 3 rings (SSSR count). The van der Waals surface area contributed by atoms with E-state index in [9.17, 15) is 4.79 Å². The zero-order valence-corrected chi connectivity index (χ0v) is 18.6. The van der Waals surface area contributed by atoms with Crippen molar-refractivity contribution in [2.75, 3.05) is 13.2 Å². The first-order valence-electron chi connectivity index (χ1n) is 10.6. The first kappa shape index (κ1) is 22.5. The van der Waals surface area contributed by atoms with Gasteiger partial charge in [0, 0.05) is 5.56 Å². The van der Waals surface area contributed by atoms with Gasteiger partial charge in [0.25, 0.3) is 0 Å². The molecule has 1 aromatic heterocycles. The molecule has 1 N–H and O–H groups in total. The number of nitrogens with zero attached hydrogens (tertiary/aromatic N) is 1. The molecule has 1 aliphatic carbocycles. The Bertz CT molecular complexity index is 917. The summed E-state index contributed by atoms with van der Waals surface area (Å²) in [5.74, 6) is 8.37. The summed E-state index contributed by atoms with van der Waals surface area (Å²) in [4.78, 5) is 16.1. The maximum absolute atomic E-state index is 11.8. The van der Waals surface area contributed by atoms with Crippen LogP contribution in [0, 0.1) is 17.8 Å². The fourth-order valence-corrected chi connectivity index (χ4v) is 2.58. The molecule has 0 bridgehead atoms. The Hall–Kier alpha value is -3.20. The predicted molar refractivity (Wildman–Crippen MR) is 119 cm³/mol. The molecule has 0 radical (unpaired) electrons. The quantitative estimate of drug-likeness (QED) is 0.663. The molecule has 1 fully saturated rings. The number of amides is 1. The van der Waals surface area contributed by atoms with Gasteiger partial charge in [-0.1, -0.05) is 5.92 Å². The smallest absolute Gasteiger partial charge is 0.407 e. The van der Waals surface area contributed by atoms with Crippen molar-refractivity contribution in [1.29, 1.82) is 0 Å².